The minimum atomic E-state index is -0.284. The van der Waals surface area contributed by atoms with Crippen LogP contribution in [0.4, 0.5) is 11.6 Å². The van der Waals surface area contributed by atoms with Gasteiger partial charge in [-0.1, -0.05) is 59.1 Å². The van der Waals surface area contributed by atoms with E-state index in [1.807, 2.05) is 31.2 Å². The molecule has 0 aliphatic rings. The molecule has 7 heteroatoms. The number of amides is 1. The van der Waals surface area contributed by atoms with Crippen molar-refractivity contribution < 1.29 is 4.79 Å². The van der Waals surface area contributed by atoms with Gasteiger partial charge in [0.25, 0.3) is 5.91 Å². The zero-order chi connectivity index (χ0) is 18.5. The van der Waals surface area contributed by atoms with E-state index in [1.165, 1.54) is 11.8 Å². The summed E-state index contributed by atoms with van der Waals surface area (Å²) in [5, 5.41) is 6.60. The second kappa shape index (κ2) is 8.17. The van der Waals surface area contributed by atoms with E-state index in [1.54, 1.807) is 24.3 Å². The molecule has 0 aliphatic carbocycles. The van der Waals surface area contributed by atoms with E-state index in [-0.39, 0.29) is 17.5 Å². The van der Waals surface area contributed by atoms with Crippen LogP contribution in [0.2, 0.25) is 10.0 Å². The predicted octanol–water partition coefficient (Wildman–Crippen LogP) is 4.77. The molecular weight excluding hydrogens is 371 g/mol. The molecule has 0 fully saturated rings. The maximum absolute atomic E-state index is 12.3. The molecule has 0 unspecified atom stereocenters. The summed E-state index contributed by atoms with van der Waals surface area (Å²) in [5.74, 6) is -0.0228. The van der Waals surface area contributed by atoms with Crippen molar-refractivity contribution in [3.05, 3.63) is 81.6 Å². The van der Waals surface area contributed by atoms with Gasteiger partial charge in [-0.25, -0.2) is 9.97 Å². The molecule has 0 bridgehead atoms. The number of hydrogen-bond acceptors (Lipinski definition) is 4. The summed E-state index contributed by atoms with van der Waals surface area (Å²) in [6, 6.07) is 14.7. The monoisotopic (exact) mass is 386 g/mol. The number of rotatable bonds is 5. The smallest absolute Gasteiger partial charge is 0.270 e. The molecule has 0 saturated carbocycles. The second-order valence-corrected chi connectivity index (χ2v) is 6.45. The van der Waals surface area contributed by atoms with E-state index in [0.29, 0.717) is 22.3 Å². The number of carbonyl (C=O) groups excluding carboxylic acids is 1. The van der Waals surface area contributed by atoms with Crippen LogP contribution in [-0.4, -0.2) is 15.9 Å². The quantitative estimate of drug-likeness (QED) is 0.662. The largest absolute Gasteiger partial charge is 0.347 e. The molecule has 0 radical (unpaired) electrons. The maximum atomic E-state index is 12.3. The summed E-state index contributed by atoms with van der Waals surface area (Å²) in [4.78, 5) is 20.7. The first-order chi connectivity index (χ1) is 12.5. The Bertz CT molecular complexity index is 929. The fourth-order valence-electron chi connectivity index (χ4n) is 2.25. The zero-order valence-corrected chi connectivity index (χ0v) is 15.5. The fraction of sp³-hybridized carbons (Fsp3) is 0.105. The van der Waals surface area contributed by atoms with Crippen molar-refractivity contribution in [2.75, 3.05) is 5.32 Å². The Balaban J connectivity index is 1.69. The first kappa shape index (κ1) is 18.2. The number of anilines is 2. The molecule has 1 amide bonds. The van der Waals surface area contributed by atoms with Crippen LogP contribution in [0, 0.1) is 6.92 Å². The van der Waals surface area contributed by atoms with E-state index in [2.05, 4.69) is 20.6 Å². The molecule has 2 N–H and O–H groups in total. The Labute approximate surface area is 161 Å². The minimum absolute atomic E-state index is 0.257. The lowest BCUT2D eigenvalue weighted by molar-refractivity contribution is 0.0946. The van der Waals surface area contributed by atoms with Gasteiger partial charge in [0, 0.05) is 12.7 Å². The Morgan fingerprint density at radius 3 is 2.62 bits per heavy atom. The van der Waals surface area contributed by atoms with Crippen molar-refractivity contribution in [2.24, 2.45) is 0 Å². The SMILES string of the molecule is Cc1ccc(CNC(=O)c2ccnc(Nc3cccc(Cl)c3Cl)n2)cc1. The lowest BCUT2D eigenvalue weighted by Gasteiger charge is -2.09. The molecular formula is C19H16Cl2N4O. The highest BCUT2D eigenvalue weighted by Gasteiger charge is 2.10. The van der Waals surface area contributed by atoms with Crippen LogP contribution >= 0.6 is 23.2 Å². The van der Waals surface area contributed by atoms with Gasteiger partial charge in [0.05, 0.1) is 15.7 Å². The molecule has 0 aliphatic heterocycles. The van der Waals surface area contributed by atoms with Crippen LogP contribution in [0.25, 0.3) is 0 Å². The highest BCUT2D eigenvalue weighted by molar-refractivity contribution is 6.43. The van der Waals surface area contributed by atoms with Crippen LogP contribution in [0.3, 0.4) is 0 Å². The van der Waals surface area contributed by atoms with Crippen molar-refractivity contribution in [1.29, 1.82) is 0 Å². The van der Waals surface area contributed by atoms with Crippen molar-refractivity contribution in [3.63, 3.8) is 0 Å². The first-order valence-electron chi connectivity index (χ1n) is 7.91. The van der Waals surface area contributed by atoms with E-state index in [0.717, 1.165) is 5.56 Å². The summed E-state index contributed by atoms with van der Waals surface area (Å²) >= 11 is 12.1. The Morgan fingerprint density at radius 2 is 1.85 bits per heavy atom. The lowest BCUT2D eigenvalue weighted by atomic mass is 10.1. The summed E-state index contributed by atoms with van der Waals surface area (Å²) in [7, 11) is 0. The molecule has 3 aromatic rings. The van der Waals surface area contributed by atoms with E-state index < -0.39 is 0 Å². The van der Waals surface area contributed by atoms with Crippen LogP contribution in [0.5, 0.6) is 0 Å². The molecule has 1 heterocycles. The minimum Gasteiger partial charge on any atom is -0.347 e. The molecule has 0 saturated heterocycles. The average Bonchev–Trinajstić information content (AvgIpc) is 2.65. The van der Waals surface area contributed by atoms with Gasteiger partial charge in [0.15, 0.2) is 0 Å². The first-order valence-corrected chi connectivity index (χ1v) is 8.66. The molecule has 0 atom stereocenters. The van der Waals surface area contributed by atoms with Crippen molar-refractivity contribution in [2.45, 2.75) is 13.5 Å². The molecule has 26 heavy (non-hydrogen) atoms. The van der Waals surface area contributed by atoms with Gasteiger partial charge >= 0.3 is 0 Å². The van der Waals surface area contributed by atoms with E-state index in [4.69, 9.17) is 23.2 Å². The van der Waals surface area contributed by atoms with Crippen molar-refractivity contribution in [1.82, 2.24) is 15.3 Å². The number of carbonyl (C=O) groups is 1. The third-order valence-corrected chi connectivity index (χ3v) is 4.48. The standard InChI is InChI=1S/C19H16Cl2N4O/c1-12-5-7-13(8-6-12)11-23-18(26)16-9-10-22-19(25-16)24-15-4-2-3-14(20)17(15)21/h2-10H,11H2,1H3,(H,23,26)(H,22,24,25). The average molecular weight is 387 g/mol. The van der Waals surface area contributed by atoms with E-state index in [9.17, 15) is 4.79 Å². The number of aromatic nitrogens is 2. The topological polar surface area (TPSA) is 66.9 Å². The number of halogens is 2. The Kier molecular flexibility index (Phi) is 5.71. The summed E-state index contributed by atoms with van der Waals surface area (Å²) < 4.78 is 0. The third kappa shape index (κ3) is 4.50. The predicted molar refractivity (Wildman–Crippen MR) is 104 cm³/mol. The zero-order valence-electron chi connectivity index (χ0n) is 14.0. The normalized spacial score (nSPS) is 10.4. The summed E-state index contributed by atoms with van der Waals surface area (Å²) in [6.45, 7) is 2.44. The third-order valence-electron chi connectivity index (χ3n) is 3.66. The number of benzene rings is 2. The van der Waals surface area contributed by atoms with Crippen molar-refractivity contribution in [3.8, 4) is 0 Å². The van der Waals surface area contributed by atoms with Gasteiger partial charge in [-0.15, -0.1) is 0 Å². The number of nitrogens with zero attached hydrogens (tertiary/aromatic N) is 2. The van der Waals surface area contributed by atoms with Gasteiger partial charge in [0.1, 0.15) is 5.69 Å². The highest BCUT2D eigenvalue weighted by atomic mass is 35.5. The Hall–Kier alpha value is -2.63. The molecule has 1 aromatic heterocycles. The number of hydrogen-bond donors (Lipinski definition) is 2. The second-order valence-electron chi connectivity index (χ2n) is 5.66. The summed E-state index contributed by atoms with van der Waals surface area (Å²) in [6.07, 6.45) is 1.51. The van der Waals surface area contributed by atoms with Gasteiger partial charge < -0.3 is 10.6 Å². The van der Waals surface area contributed by atoms with Crippen LogP contribution in [0.1, 0.15) is 21.6 Å². The number of aryl methyl sites for hydroxylation is 1. The molecule has 132 valence electrons. The van der Waals surface area contributed by atoms with Crippen LogP contribution in [0.15, 0.2) is 54.7 Å². The fourth-order valence-corrected chi connectivity index (χ4v) is 2.59. The van der Waals surface area contributed by atoms with Gasteiger partial charge in [-0.2, -0.15) is 0 Å². The van der Waals surface area contributed by atoms with Crippen molar-refractivity contribution >= 4 is 40.7 Å². The lowest BCUT2D eigenvalue weighted by Crippen LogP contribution is -2.24. The van der Waals surface area contributed by atoms with Gasteiger partial charge in [-0.3, -0.25) is 4.79 Å². The molecule has 3 rings (SSSR count). The number of nitrogens with one attached hydrogen (secondary N) is 2. The summed E-state index contributed by atoms with van der Waals surface area (Å²) in [5.41, 5.74) is 3.01. The van der Waals surface area contributed by atoms with Crippen LogP contribution in [-0.2, 0) is 6.54 Å². The molecule has 5 nitrogen and oxygen atoms in total. The Morgan fingerprint density at radius 1 is 1.08 bits per heavy atom. The maximum Gasteiger partial charge on any atom is 0.270 e. The molecule has 2 aromatic carbocycles. The van der Waals surface area contributed by atoms with Gasteiger partial charge in [0.2, 0.25) is 5.95 Å². The van der Waals surface area contributed by atoms with Crippen LogP contribution < -0.4 is 10.6 Å². The highest BCUT2D eigenvalue weighted by Crippen LogP contribution is 2.30. The van der Waals surface area contributed by atoms with E-state index >= 15 is 0 Å². The van der Waals surface area contributed by atoms with Gasteiger partial charge in [-0.05, 0) is 30.7 Å². The molecule has 0 spiro atoms.